The van der Waals surface area contributed by atoms with E-state index in [2.05, 4.69) is 42.1 Å². The Balaban J connectivity index is 1.11. The fourth-order valence-corrected chi connectivity index (χ4v) is 5.47. The Hall–Kier alpha value is -5.24. The highest BCUT2D eigenvalue weighted by Crippen LogP contribution is 2.37. The van der Waals surface area contributed by atoms with E-state index < -0.39 is 0 Å². The number of carbonyl (C=O) groups excluding carboxylic acids is 1. The Morgan fingerprint density at radius 2 is 1.93 bits per heavy atom. The summed E-state index contributed by atoms with van der Waals surface area (Å²) in [5.74, 6) is 8.17. The number of amides is 1. The van der Waals surface area contributed by atoms with Gasteiger partial charge in [-0.25, -0.2) is 24.5 Å². The monoisotopic (exact) mass is 531 g/mol. The van der Waals surface area contributed by atoms with Crippen molar-refractivity contribution in [1.82, 2.24) is 34.4 Å². The van der Waals surface area contributed by atoms with Crippen LogP contribution in [0.15, 0.2) is 61.3 Å². The number of aryl methyl sites for hydroxylation is 1. The van der Waals surface area contributed by atoms with Crippen molar-refractivity contribution in [3.05, 3.63) is 66.9 Å². The largest absolute Gasteiger partial charge is 0.457 e. The quantitative estimate of drug-likeness (QED) is 0.339. The number of ether oxygens (including phenoxy) is 1. The van der Waals surface area contributed by atoms with Crippen molar-refractivity contribution in [2.45, 2.75) is 32.4 Å². The number of nitrogens with zero attached hydrogens (tertiary/aromatic N) is 8. The van der Waals surface area contributed by atoms with Crippen molar-refractivity contribution in [3.63, 3.8) is 0 Å². The summed E-state index contributed by atoms with van der Waals surface area (Å²) >= 11 is 0. The lowest BCUT2D eigenvalue weighted by Gasteiger charge is -2.56. The predicted octanol–water partition coefficient (Wildman–Crippen LogP) is 3.72. The first kappa shape index (κ1) is 23.8. The molecule has 0 saturated carbocycles. The molecule has 0 aliphatic carbocycles. The molecule has 1 aromatic carbocycles. The fraction of sp³-hybridized carbons (Fsp3) is 0.241. The SMILES string of the molecule is CC#CC(=O)N1CC2CC(C1)N2c1ccc2ncnc(Nc3ccc(Oc4ccn5ncnc5c4)c(C)c3)c2n1. The molecule has 1 N–H and O–H groups in total. The van der Waals surface area contributed by atoms with Gasteiger partial charge >= 0.3 is 0 Å². The molecule has 3 fully saturated rings. The molecule has 1 amide bonds. The number of hydrogen-bond acceptors (Lipinski definition) is 9. The van der Waals surface area contributed by atoms with Crippen molar-refractivity contribution in [2.75, 3.05) is 23.3 Å². The number of nitrogens with one attached hydrogen (secondary N) is 1. The normalized spacial score (nSPS) is 17.8. The van der Waals surface area contributed by atoms with Gasteiger partial charge in [0.1, 0.15) is 35.5 Å². The highest BCUT2D eigenvalue weighted by Gasteiger charge is 2.46. The van der Waals surface area contributed by atoms with Gasteiger partial charge in [0.25, 0.3) is 5.91 Å². The van der Waals surface area contributed by atoms with E-state index in [0.29, 0.717) is 30.2 Å². The third-order valence-electron chi connectivity index (χ3n) is 7.36. The lowest BCUT2D eigenvalue weighted by molar-refractivity contribution is -0.128. The molecular weight excluding hydrogens is 506 g/mol. The van der Waals surface area contributed by atoms with Crippen LogP contribution in [0.3, 0.4) is 0 Å². The van der Waals surface area contributed by atoms with E-state index in [1.54, 1.807) is 11.4 Å². The highest BCUT2D eigenvalue weighted by atomic mass is 16.5. The van der Waals surface area contributed by atoms with E-state index >= 15 is 0 Å². The van der Waals surface area contributed by atoms with E-state index in [9.17, 15) is 4.79 Å². The van der Waals surface area contributed by atoms with E-state index in [1.807, 2.05) is 60.5 Å². The second-order valence-corrected chi connectivity index (χ2v) is 9.93. The van der Waals surface area contributed by atoms with Crippen LogP contribution in [0, 0.1) is 18.8 Å². The second-order valence-electron chi connectivity index (χ2n) is 9.93. The van der Waals surface area contributed by atoms with Crippen LogP contribution in [0.25, 0.3) is 16.7 Å². The number of aromatic nitrogens is 6. The third kappa shape index (κ3) is 4.19. The minimum Gasteiger partial charge on any atom is -0.457 e. The van der Waals surface area contributed by atoms with Crippen LogP contribution in [-0.4, -0.2) is 65.5 Å². The maximum Gasteiger partial charge on any atom is 0.298 e. The second kappa shape index (κ2) is 9.50. The minimum absolute atomic E-state index is 0.105. The Morgan fingerprint density at radius 1 is 1.05 bits per heavy atom. The van der Waals surface area contributed by atoms with Crippen LogP contribution in [-0.2, 0) is 4.79 Å². The summed E-state index contributed by atoms with van der Waals surface area (Å²) in [5, 5.41) is 7.53. The van der Waals surface area contributed by atoms with Crippen molar-refractivity contribution in [1.29, 1.82) is 0 Å². The molecule has 2 unspecified atom stereocenters. The standard InChI is InChI=1S/C29H25N9O2/c1-3-4-27(39)36-14-20-12-21(15-36)38(20)25-8-6-23-28(35-25)29(32-16-30-23)34-19-5-7-24(18(2)11-19)40-22-9-10-37-26(13-22)31-17-33-37/h5-11,13,16-17,20-21H,12,14-15H2,1-2H3,(H,30,32,34). The summed E-state index contributed by atoms with van der Waals surface area (Å²) in [5.41, 5.74) is 3.97. The van der Waals surface area contributed by atoms with Gasteiger partial charge in [-0.15, -0.1) is 0 Å². The summed E-state index contributed by atoms with van der Waals surface area (Å²) in [6, 6.07) is 14.0. The molecule has 40 heavy (non-hydrogen) atoms. The zero-order valence-corrected chi connectivity index (χ0v) is 21.9. The van der Waals surface area contributed by atoms with Gasteiger partial charge in [0.05, 0.1) is 17.6 Å². The van der Waals surface area contributed by atoms with Gasteiger partial charge in [-0.3, -0.25) is 4.79 Å². The minimum atomic E-state index is -0.105. The van der Waals surface area contributed by atoms with Gasteiger partial charge in [-0.2, -0.15) is 5.10 Å². The zero-order valence-electron chi connectivity index (χ0n) is 21.9. The average Bonchev–Trinajstić information content (AvgIpc) is 3.43. The molecule has 0 spiro atoms. The molecule has 2 atom stereocenters. The van der Waals surface area contributed by atoms with Crippen LogP contribution in [0.1, 0.15) is 18.9 Å². The Labute approximate surface area is 229 Å². The summed E-state index contributed by atoms with van der Waals surface area (Å²) in [4.78, 5) is 34.5. The molecule has 198 valence electrons. The van der Waals surface area contributed by atoms with Gasteiger partial charge in [-0.05, 0) is 68.2 Å². The fourth-order valence-electron chi connectivity index (χ4n) is 5.47. The number of carbonyl (C=O) groups is 1. The number of anilines is 3. The number of benzene rings is 1. The van der Waals surface area contributed by atoms with Gasteiger partial charge in [0.2, 0.25) is 0 Å². The van der Waals surface area contributed by atoms with Crippen molar-refractivity contribution in [3.8, 4) is 23.3 Å². The number of pyridine rings is 2. The number of piperazine rings is 1. The topological polar surface area (TPSA) is 114 Å². The maximum atomic E-state index is 12.3. The molecule has 7 heterocycles. The molecule has 5 aromatic rings. The number of rotatable bonds is 5. The Morgan fingerprint density at radius 3 is 2.75 bits per heavy atom. The average molecular weight is 532 g/mol. The molecule has 3 saturated heterocycles. The summed E-state index contributed by atoms with van der Waals surface area (Å²) in [6.45, 7) is 4.99. The molecule has 4 aromatic heterocycles. The Kier molecular flexibility index (Phi) is 5.66. The summed E-state index contributed by atoms with van der Waals surface area (Å²) in [7, 11) is 0. The van der Waals surface area contributed by atoms with E-state index in [4.69, 9.17) is 9.72 Å². The maximum absolute atomic E-state index is 12.3. The zero-order chi connectivity index (χ0) is 27.2. The first-order valence-electron chi connectivity index (χ1n) is 13.0. The Bertz CT molecular complexity index is 1830. The third-order valence-corrected chi connectivity index (χ3v) is 7.36. The van der Waals surface area contributed by atoms with Crippen LogP contribution in [0.2, 0.25) is 0 Å². The summed E-state index contributed by atoms with van der Waals surface area (Å²) < 4.78 is 7.80. The number of piperidine rings is 1. The first-order chi connectivity index (χ1) is 19.6. The van der Waals surface area contributed by atoms with E-state index in [-0.39, 0.29) is 18.0 Å². The lowest BCUT2D eigenvalue weighted by Crippen LogP contribution is -2.70. The van der Waals surface area contributed by atoms with Gasteiger partial charge in [0, 0.05) is 31.0 Å². The molecule has 8 rings (SSSR count). The summed E-state index contributed by atoms with van der Waals surface area (Å²) in [6.07, 6.45) is 5.90. The molecule has 0 radical (unpaired) electrons. The van der Waals surface area contributed by atoms with Gasteiger partial charge in [0.15, 0.2) is 11.5 Å². The van der Waals surface area contributed by atoms with Crippen LogP contribution in [0.4, 0.5) is 17.3 Å². The molecule has 11 heteroatoms. The number of fused-ring (bicyclic) bond motifs is 4. The van der Waals surface area contributed by atoms with E-state index in [1.165, 1.54) is 12.7 Å². The van der Waals surface area contributed by atoms with E-state index in [0.717, 1.165) is 40.4 Å². The molecule has 3 aliphatic heterocycles. The van der Waals surface area contributed by atoms with Crippen molar-refractivity contribution < 1.29 is 9.53 Å². The van der Waals surface area contributed by atoms with Gasteiger partial charge < -0.3 is 19.9 Å². The molecule has 11 nitrogen and oxygen atoms in total. The first-order valence-corrected chi connectivity index (χ1v) is 13.0. The van der Waals surface area contributed by atoms with Crippen LogP contribution >= 0.6 is 0 Å². The smallest absolute Gasteiger partial charge is 0.298 e. The molecular formula is C29H25N9O2. The van der Waals surface area contributed by atoms with Crippen molar-refractivity contribution in [2.24, 2.45) is 0 Å². The van der Waals surface area contributed by atoms with Crippen molar-refractivity contribution >= 4 is 39.9 Å². The predicted molar refractivity (Wildman–Crippen MR) is 150 cm³/mol. The lowest BCUT2D eigenvalue weighted by atomic mass is 9.87. The number of hydrogen-bond donors (Lipinski definition) is 1. The van der Waals surface area contributed by atoms with Crippen LogP contribution in [0.5, 0.6) is 11.5 Å². The highest BCUT2D eigenvalue weighted by molar-refractivity contribution is 5.94. The van der Waals surface area contributed by atoms with Crippen LogP contribution < -0.4 is 15.0 Å². The van der Waals surface area contributed by atoms with Gasteiger partial charge in [-0.1, -0.05) is 5.92 Å². The molecule has 3 aliphatic rings. The molecule has 2 bridgehead atoms.